The Bertz CT molecular complexity index is 281. The fourth-order valence-corrected chi connectivity index (χ4v) is 1.26. The van der Waals surface area contributed by atoms with E-state index in [2.05, 4.69) is 31.0 Å². The van der Waals surface area contributed by atoms with Gasteiger partial charge in [-0.15, -0.1) is 0 Å². The summed E-state index contributed by atoms with van der Waals surface area (Å²) in [6.45, 7) is 6.27. The Labute approximate surface area is 80.4 Å². The predicted octanol–water partition coefficient (Wildman–Crippen LogP) is 2.03. The van der Waals surface area contributed by atoms with Crippen LogP contribution in [0.25, 0.3) is 0 Å². The molecule has 0 atom stereocenters. The monoisotopic (exact) mass is 178 g/mol. The molecule has 0 unspecified atom stereocenters. The van der Waals surface area contributed by atoms with Crippen molar-refractivity contribution in [2.45, 2.75) is 20.4 Å². The van der Waals surface area contributed by atoms with Gasteiger partial charge in [0.15, 0.2) is 0 Å². The van der Waals surface area contributed by atoms with Crippen molar-refractivity contribution in [1.29, 1.82) is 0 Å². The molecular weight excluding hydrogens is 160 g/mol. The number of rotatable bonds is 3. The van der Waals surface area contributed by atoms with Crippen molar-refractivity contribution in [3.8, 4) is 0 Å². The van der Waals surface area contributed by atoms with Crippen molar-refractivity contribution >= 4 is 5.69 Å². The van der Waals surface area contributed by atoms with Gasteiger partial charge in [0.1, 0.15) is 0 Å². The van der Waals surface area contributed by atoms with Gasteiger partial charge < -0.3 is 10.6 Å². The highest BCUT2D eigenvalue weighted by Crippen LogP contribution is 2.13. The van der Waals surface area contributed by atoms with Gasteiger partial charge in [0.05, 0.1) is 0 Å². The van der Waals surface area contributed by atoms with Crippen LogP contribution in [0.5, 0.6) is 0 Å². The Hall–Kier alpha value is -1.02. The first-order valence-electron chi connectivity index (χ1n) is 4.67. The highest BCUT2D eigenvalue weighted by molar-refractivity contribution is 5.47. The van der Waals surface area contributed by atoms with Crippen LogP contribution >= 0.6 is 0 Å². The zero-order chi connectivity index (χ0) is 9.84. The van der Waals surface area contributed by atoms with E-state index in [0.29, 0.717) is 0 Å². The molecule has 72 valence electrons. The number of nitrogens with two attached hydrogens (primary N) is 1. The zero-order valence-corrected chi connectivity index (χ0v) is 8.67. The highest BCUT2D eigenvalue weighted by Gasteiger charge is 1.99. The fourth-order valence-electron chi connectivity index (χ4n) is 1.26. The molecule has 0 radical (unpaired) electrons. The van der Waals surface area contributed by atoms with Crippen LogP contribution in [0.4, 0.5) is 5.69 Å². The van der Waals surface area contributed by atoms with E-state index in [0.717, 1.165) is 18.8 Å². The molecule has 2 N–H and O–H groups in total. The van der Waals surface area contributed by atoms with Gasteiger partial charge in [0, 0.05) is 12.2 Å². The SMILES string of the molecule is CCN(C)Cc1ccc(N)c(C)c1. The summed E-state index contributed by atoms with van der Waals surface area (Å²) in [5.74, 6) is 0. The number of hydrogen-bond acceptors (Lipinski definition) is 2. The Morgan fingerprint density at radius 1 is 1.38 bits per heavy atom. The number of hydrogen-bond donors (Lipinski definition) is 1. The van der Waals surface area contributed by atoms with E-state index in [1.165, 1.54) is 11.1 Å². The first-order valence-corrected chi connectivity index (χ1v) is 4.67. The number of aryl methyl sites for hydroxylation is 1. The lowest BCUT2D eigenvalue weighted by atomic mass is 10.1. The molecular formula is C11H18N2. The molecule has 0 aromatic heterocycles. The van der Waals surface area contributed by atoms with E-state index in [4.69, 9.17) is 5.73 Å². The van der Waals surface area contributed by atoms with Gasteiger partial charge in [-0.05, 0) is 37.7 Å². The van der Waals surface area contributed by atoms with Gasteiger partial charge in [-0.3, -0.25) is 0 Å². The molecule has 2 nitrogen and oxygen atoms in total. The topological polar surface area (TPSA) is 29.3 Å². The van der Waals surface area contributed by atoms with Crippen LogP contribution in [0, 0.1) is 6.92 Å². The number of anilines is 1. The van der Waals surface area contributed by atoms with E-state index < -0.39 is 0 Å². The molecule has 1 aromatic carbocycles. The summed E-state index contributed by atoms with van der Waals surface area (Å²) in [4.78, 5) is 2.27. The maximum atomic E-state index is 5.74. The Morgan fingerprint density at radius 3 is 2.62 bits per heavy atom. The molecule has 0 saturated heterocycles. The highest BCUT2D eigenvalue weighted by atomic mass is 15.1. The average Bonchev–Trinajstić information content (AvgIpc) is 2.11. The summed E-state index contributed by atoms with van der Waals surface area (Å²) in [7, 11) is 2.12. The summed E-state index contributed by atoms with van der Waals surface area (Å²) in [5.41, 5.74) is 9.11. The first kappa shape index (κ1) is 10.1. The summed E-state index contributed by atoms with van der Waals surface area (Å²) >= 11 is 0. The molecule has 0 amide bonds. The van der Waals surface area contributed by atoms with Crippen LogP contribution in [0.1, 0.15) is 18.1 Å². The van der Waals surface area contributed by atoms with Crippen LogP contribution in [-0.2, 0) is 6.54 Å². The standard InChI is InChI=1S/C11H18N2/c1-4-13(3)8-10-5-6-11(12)9(2)7-10/h5-7H,4,8,12H2,1-3H3. The van der Waals surface area contributed by atoms with Gasteiger partial charge in [0.25, 0.3) is 0 Å². The molecule has 1 rings (SSSR count). The van der Waals surface area contributed by atoms with Gasteiger partial charge in [-0.25, -0.2) is 0 Å². The van der Waals surface area contributed by atoms with Crippen LogP contribution in [0.2, 0.25) is 0 Å². The molecule has 0 aliphatic carbocycles. The van der Waals surface area contributed by atoms with Crippen LogP contribution < -0.4 is 5.73 Å². The second kappa shape index (κ2) is 4.28. The quantitative estimate of drug-likeness (QED) is 0.718. The normalized spacial score (nSPS) is 10.8. The average molecular weight is 178 g/mol. The second-order valence-electron chi connectivity index (χ2n) is 3.52. The lowest BCUT2D eigenvalue weighted by molar-refractivity contribution is 0.346. The minimum absolute atomic E-state index is 0.878. The lowest BCUT2D eigenvalue weighted by Crippen LogP contribution is -2.16. The van der Waals surface area contributed by atoms with Crippen LogP contribution in [0.15, 0.2) is 18.2 Å². The molecule has 0 saturated carbocycles. The van der Waals surface area contributed by atoms with Gasteiger partial charge >= 0.3 is 0 Å². The molecule has 1 aromatic rings. The van der Waals surface area contributed by atoms with E-state index in [1.807, 2.05) is 13.0 Å². The van der Waals surface area contributed by atoms with Gasteiger partial charge in [-0.1, -0.05) is 19.1 Å². The van der Waals surface area contributed by atoms with Crippen molar-refractivity contribution in [3.63, 3.8) is 0 Å². The molecule has 13 heavy (non-hydrogen) atoms. The Morgan fingerprint density at radius 2 is 2.08 bits per heavy atom. The molecule has 0 fully saturated rings. The minimum Gasteiger partial charge on any atom is -0.399 e. The van der Waals surface area contributed by atoms with Crippen LogP contribution in [-0.4, -0.2) is 18.5 Å². The molecule has 0 aliphatic rings. The third kappa shape index (κ3) is 2.74. The van der Waals surface area contributed by atoms with Crippen molar-refractivity contribution in [2.75, 3.05) is 19.3 Å². The minimum atomic E-state index is 0.878. The maximum Gasteiger partial charge on any atom is 0.0343 e. The van der Waals surface area contributed by atoms with Gasteiger partial charge in [0.2, 0.25) is 0 Å². The van der Waals surface area contributed by atoms with Crippen molar-refractivity contribution in [3.05, 3.63) is 29.3 Å². The molecule has 0 bridgehead atoms. The second-order valence-corrected chi connectivity index (χ2v) is 3.52. The summed E-state index contributed by atoms with van der Waals surface area (Å²) in [6.07, 6.45) is 0. The van der Waals surface area contributed by atoms with Crippen molar-refractivity contribution in [2.24, 2.45) is 0 Å². The smallest absolute Gasteiger partial charge is 0.0343 e. The summed E-state index contributed by atoms with van der Waals surface area (Å²) in [6, 6.07) is 6.23. The third-order valence-electron chi connectivity index (χ3n) is 2.33. The van der Waals surface area contributed by atoms with Crippen molar-refractivity contribution in [1.82, 2.24) is 4.90 Å². The number of benzene rings is 1. The third-order valence-corrected chi connectivity index (χ3v) is 2.33. The lowest BCUT2D eigenvalue weighted by Gasteiger charge is -2.14. The largest absolute Gasteiger partial charge is 0.399 e. The Kier molecular flexibility index (Phi) is 3.32. The summed E-state index contributed by atoms with van der Waals surface area (Å²) in [5, 5.41) is 0. The van der Waals surface area contributed by atoms with E-state index in [-0.39, 0.29) is 0 Å². The van der Waals surface area contributed by atoms with E-state index in [9.17, 15) is 0 Å². The maximum absolute atomic E-state index is 5.74. The van der Waals surface area contributed by atoms with Gasteiger partial charge in [-0.2, -0.15) is 0 Å². The molecule has 0 spiro atoms. The fraction of sp³-hybridized carbons (Fsp3) is 0.455. The zero-order valence-electron chi connectivity index (χ0n) is 8.67. The van der Waals surface area contributed by atoms with E-state index in [1.54, 1.807) is 0 Å². The first-order chi connectivity index (χ1) is 6.13. The van der Waals surface area contributed by atoms with Crippen molar-refractivity contribution < 1.29 is 0 Å². The number of nitrogens with zero attached hydrogens (tertiary/aromatic N) is 1. The summed E-state index contributed by atoms with van der Waals surface area (Å²) < 4.78 is 0. The molecule has 0 aliphatic heterocycles. The van der Waals surface area contributed by atoms with E-state index >= 15 is 0 Å². The molecule has 2 heteroatoms. The molecule has 0 heterocycles. The Balaban J connectivity index is 2.73. The predicted molar refractivity (Wildman–Crippen MR) is 57.6 cm³/mol. The van der Waals surface area contributed by atoms with Crippen LogP contribution in [0.3, 0.4) is 0 Å². The number of nitrogen functional groups attached to an aromatic ring is 1.